The minimum absolute atomic E-state index is 0.358. The van der Waals surface area contributed by atoms with Crippen molar-refractivity contribution in [1.82, 2.24) is 0 Å². The summed E-state index contributed by atoms with van der Waals surface area (Å²) in [7, 11) is 0. The van der Waals surface area contributed by atoms with Crippen molar-refractivity contribution in [3.8, 4) is 0 Å². The zero-order chi connectivity index (χ0) is 21.4. The quantitative estimate of drug-likeness (QED) is 0.452. The van der Waals surface area contributed by atoms with Gasteiger partial charge in [0.25, 0.3) is 0 Å². The average molecular weight is 399 g/mol. The van der Waals surface area contributed by atoms with Crippen molar-refractivity contribution in [1.29, 1.82) is 0 Å². The second-order valence-electron chi connectivity index (χ2n) is 12.1. The number of hydrogen-bond acceptors (Lipinski definition) is 3. The molecule has 3 unspecified atom stereocenters. The summed E-state index contributed by atoms with van der Waals surface area (Å²) in [6, 6.07) is 0. The Bertz CT molecular complexity index is 367. The van der Waals surface area contributed by atoms with Crippen LogP contribution in [0.2, 0.25) is 0 Å². The average Bonchev–Trinajstić information content (AvgIpc) is 3.29. The molecule has 3 fully saturated rings. The summed E-state index contributed by atoms with van der Waals surface area (Å²) >= 11 is 0. The van der Waals surface area contributed by atoms with Crippen LogP contribution >= 0.6 is 0 Å². The summed E-state index contributed by atoms with van der Waals surface area (Å²) in [5.41, 5.74) is 1.26. The van der Waals surface area contributed by atoms with Crippen LogP contribution in [0.15, 0.2) is 0 Å². The summed E-state index contributed by atoms with van der Waals surface area (Å²) in [4.78, 5) is 0. The summed E-state index contributed by atoms with van der Waals surface area (Å²) in [6.45, 7) is 25.3. The molecule has 0 N–H and O–H groups in total. The fourth-order valence-electron chi connectivity index (χ4n) is 3.90. The van der Waals surface area contributed by atoms with Gasteiger partial charge in [-0.25, -0.2) is 0 Å². The molecule has 0 amide bonds. The van der Waals surface area contributed by atoms with Crippen molar-refractivity contribution in [2.75, 3.05) is 33.0 Å². The summed E-state index contributed by atoms with van der Waals surface area (Å²) < 4.78 is 16.2. The topological polar surface area (TPSA) is 27.7 Å². The fraction of sp³-hybridized carbons (Fsp3) is 1.00. The normalized spacial score (nSPS) is 28.8. The van der Waals surface area contributed by atoms with Crippen molar-refractivity contribution in [3.63, 3.8) is 0 Å². The molecule has 0 aromatic carbocycles. The highest BCUT2D eigenvalue weighted by Crippen LogP contribution is 2.33. The van der Waals surface area contributed by atoms with Crippen LogP contribution < -0.4 is 0 Å². The SMILES string of the molecule is CC(C)(C)C1CCCO1.CC(C)(C)C1CCCOC1.CC(C)(C)C1CCOC1. The first-order valence-electron chi connectivity index (χ1n) is 11.6. The third-order valence-corrected chi connectivity index (χ3v) is 6.44. The van der Waals surface area contributed by atoms with Crippen LogP contribution in [0, 0.1) is 28.1 Å². The Morgan fingerprint density at radius 1 is 0.536 bits per heavy atom. The molecule has 3 nitrogen and oxygen atoms in total. The third kappa shape index (κ3) is 10.1. The van der Waals surface area contributed by atoms with E-state index < -0.39 is 0 Å². The molecule has 0 saturated carbocycles. The lowest BCUT2D eigenvalue weighted by molar-refractivity contribution is 0.0103. The molecule has 0 aromatic rings. The predicted octanol–water partition coefficient (Wildman–Crippen LogP) is 6.74. The Morgan fingerprint density at radius 3 is 1.25 bits per heavy atom. The maximum atomic E-state index is 5.52. The highest BCUT2D eigenvalue weighted by molar-refractivity contribution is 4.78. The van der Waals surface area contributed by atoms with E-state index >= 15 is 0 Å². The van der Waals surface area contributed by atoms with Gasteiger partial charge in [0.05, 0.1) is 6.10 Å². The van der Waals surface area contributed by atoms with Gasteiger partial charge in [-0.15, -0.1) is 0 Å². The van der Waals surface area contributed by atoms with E-state index in [-0.39, 0.29) is 0 Å². The van der Waals surface area contributed by atoms with Crippen molar-refractivity contribution >= 4 is 0 Å². The van der Waals surface area contributed by atoms with Crippen LogP contribution in [0.5, 0.6) is 0 Å². The van der Waals surface area contributed by atoms with Gasteiger partial charge < -0.3 is 14.2 Å². The molecule has 0 radical (unpaired) electrons. The zero-order valence-corrected chi connectivity index (χ0v) is 20.5. The summed E-state index contributed by atoms with van der Waals surface area (Å²) in [6.07, 6.45) is 6.87. The first-order chi connectivity index (χ1) is 12.8. The number of ether oxygens (including phenoxy) is 3. The molecule has 3 heteroatoms. The van der Waals surface area contributed by atoms with E-state index in [1.165, 1.54) is 32.1 Å². The van der Waals surface area contributed by atoms with E-state index in [0.717, 1.165) is 44.9 Å². The molecular weight excluding hydrogens is 348 g/mol. The van der Waals surface area contributed by atoms with Crippen LogP contribution in [0.25, 0.3) is 0 Å². The first-order valence-corrected chi connectivity index (χ1v) is 11.6. The minimum atomic E-state index is 0.358. The molecule has 3 rings (SSSR count). The standard InChI is InChI=1S/C9H18O.2C8H16O/c1-9(2,3)8-5-4-6-10-7-8;1-8(2,3)7-4-5-9-6-7;1-8(2,3)7-5-4-6-9-7/h8H,4-7H2,1-3H3;2*7H,4-6H2,1-3H3. The number of rotatable bonds is 0. The van der Waals surface area contributed by atoms with Gasteiger partial charge in [-0.3, -0.25) is 0 Å². The lowest BCUT2D eigenvalue weighted by Crippen LogP contribution is -2.29. The van der Waals surface area contributed by atoms with Gasteiger partial charge in [0.2, 0.25) is 0 Å². The highest BCUT2D eigenvalue weighted by atomic mass is 16.5. The Hall–Kier alpha value is -0.120. The van der Waals surface area contributed by atoms with E-state index in [1.807, 2.05) is 0 Å². The fourth-order valence-corrected chi connectivity index (χ4v) is 3.90. The Balaban J connectivity index is 0.000000210. The molecule has 3 aliphatic rings. The second-order valence-corrected chi connectivity index (χ2v) is 12.1. The van der Waals surface area contributed by atoms with E-state index in [2.05, 4.69) is 62.3 Å². The molecule has 3 atom stereocenters. The predicted molar refractivity (Wildman–Crippen MR) is 120 cm³/mol. The van der Waals surface area contributed by atoms with Gasteiger partial charge >= 0.3 is 0 Å². The molecule has 3 heterocycles. The van der Waals surface area contributed by atoms with E-state index in [0.29, 0.717) is 22.3 Å². The van der Waals surface area contributed by atoms with Gasteiger partial charge in [0.15, 0.2) is 0 Å². The van der Waals surface area contributed by atoms with Gasteiger partial charge in [-0.05, 0) is 60.2 Å². The van der Waals surface area contributed by atoms with Crippen LogP contribution in [0.1, 0.15) is 94.4 Å². The number of hydrogen-bond donors (Lipinski definition) is 0. The van der Waals surface area contributed by atoms with Gasteiger partial charge in [0, 0.05) is 33.0 Å². The molecule has 0 aromatic heterocycles. The van der Waals surface area contributed by atoms with Crippen molar-refractivity contribution in [3.05, 3.63) is 0 Å². The smallest absolute Gasteiger partial charge is 0.0624 e. The largest absolute Gasteiger partial charge is 0.381 e. The molecule has 28 heavy (non-hydrogen) atoms. The maximum Gasteiger partial charge on any atom is 0.0624 e. The van der Waals surface area contributed by atoms with E-state index in [4.69, 9.17) is 14.2 Å². The van der Waals surface area contributed by atoms with Crippen molar-refractivity contribution in [2.24, 2.45) is 28.1 Å². The molecule has 0 spiro atoms. The molecule has 0 aliphatic carbocycles. The Labute approximate surface area is 176 Å². The Morgan fingerprint density at radius 2 is 1.04 bits per heavy atom. The van der Waals surface area contributed by atoms with Crippen LogP contribution in [0.4, 0.5) is 0 Å². The molecule has 3 aliphatic heterocycles. The maximum absolute atomic E-state index is 5.52. The summed E-state index contributed by atoms with van der Waals surface area (Å²) in [5, 5.41) is 0. The van der Waals surface area contributed by atoms with Gasteiger partial charge in [-0.1, -0.05) is 62.3 Å². The Kier molecular flexibility index (Phi) is 10.5. The monoisotopic (exact) mass is 398 g/mol. The van der Waals surface area contributed by atoms with Crippen LogP contribution in [-0.2, 0) is 14.2 Å². The van der Waals surface area contributed by atoms with Crippen molar-refractivity contribution in [2.45, 2.75) is 101 Å². The minimum Gasteiger partial charge on any atom is -0.381 e. The van der Waals surface area contributed by atoms with Crippen LogP contribution in [-0.4, -0.2) is 39.1 Å². The summed E-state index contributed by atoms with van der Waals surface area (Å²) in [5.74, 6) is 1.57. The van der Waals surface area contributed by atoms with E-state index in [1.54, 1.807) is 0 Å². The first kappa shape index (κ1) is 25.9. The van der Waals surface area contributed by atoms with Crippen LogP contribution in [0.3, 0.4) is 0 Å². The lowest BCUT2D eigenvalue weighted by atomic mass is 9.78. The highest BCUT2D eigenvalue weighted by Gasteiger charge is 2.29. The lowest BCUT2D eigenvalue weighted by Gasteiger charge is -2.33. The molecule has 168 valence electrons. The van der Waals surface area contributed by atoms with E-state index in [9.17, 15) is 0 Å². The van der Waals surface area contributed by atoms with Crippen molar-refractivity contribution < 1.29 is 14.2 Å². The second kappa shape index (κ2) is 11.3. The molecular formula is C25H50O3. The zero-order valence-electron chi connectivity index (χ0n) is 20.5. The van der Waals surface area contributed by atoms with Gasteiger partial charge in [0.1, 0.15) is 0 Å². The molecule has 3 saturated heterocycles. The van der Waals surface area contributed by atoms with Gasteiger partial charge in [-0.2, -0.15) is 0 Å². The molecule has 0 bridgehead atoms. The third-order valence-electron chi connectivity index (χ3n) is 6.44.